The predicted molar refractivity (Wildman–Crippen MR) is 75.8 cm³/mol. The number of para-hydroxylation sites is 1. The van der Waals surface area contributed by atoms with Gasteiger partial charge in [0.15, 0.2) is 0 Å². The first-order valence-electron chi connectivity index (χ1n) is 6.37. The van der Waals surface area contributed by atoms with Crippen LogP contribution in [0.3, 0.4) is 0 Å². The smallest absolute Gasteiger partial charge is 0.244 e. The van der Waals surface area contributed by atoms with Crippen molar-refractivity contribution < 1.29 is 18.3 Å². The standard InChI is InChI=1S/C13H20N2O4S/c1-10(2)9-14-13(17)7-8-15-20(18,19)12-6-4-3-5-11(12)16/h3-6,10,15-16H,7-9H2,1-2H3,(H,14,17). The SMILES string of the molecule is CC(C)CNC(=O)CCNS(=O)(=O)c1ccccc1O. The topological polar surface area (TPSA) is 95.5 Å². The van der Waals surface area contributed by atoms with E-state index in [2.05, 4.69) is 10.0 Å². The van der Waals surface area contributed by atoms with Gasteiger partial charge in [-0.3, -0.25) is 4.79 Å². The highest BCUT2D eigenvalue weighted by atomic mass is 32.2. The Bertz CT molecular complexity index is 555. The lowest BCUT2D eigenvalue weighted by Crippen LogP contribution is -2.32. The van der Waals surface area contributed by atoms with Gasteiger partial charge in [-0.15, -0.1) is 0 Å². The number of hydrogen-bond donors (Lipinski definition) is 3. The highest BCUT2D eigenvalue weighted by Gasteiger charge is 2.17. The van der Waals surface area contributed by atoms with Gasteiger partial charge in [0.25, 0.3) is 0 Å². The van der Waals surface area contributed by atoms with E-state index in [1.807, 2.05) is 13.8 Å². The minimum atomic E-state index is -3.80. The number of nitrogens with one attached hydrogen (secondary N) is 2. The van der Waals surface area contributed by atoms with Crippen LogP contribution >= 0.6 is 0 Å². The molecule has 0 aliphatic rings. The molecule has 0 unspecified atom stereocenters. The number of amides is 1. The van der Waals surface area contributed by atoms with Gasteiger partial charge in [0, 0.05) is 19.5 Å². The number of carbonyl (C=O) groups excluding carboxylic acids is 1. The van der Waals surface area contributed by atoms with Gasteiger partial charge in [0.05, 0.1) is 0 Å². The van der Waals surface area contributed by atoms with Crippen molar-refractivity contribution in [2.45, 2.75) is 25.2 Å². The Morgan fingerprint density at radius 3 is 2.55 bits per heavy atom. The fourth-order valence-corrected chi connectivity index (χ4v) is 2.59. The van der Waals surface area contributed by atoms with E-state index in [1.165, 1.54) is 24.3 Å². The van der Waals surface area contributed by atoms with Crippen molar-refractivity contribution in [3.05, 3.63) is 24.3 Å². The van der Waals surface area contributed by atoms with Crippen LogP contribution in [0.5, 0.6) is 5.75 Å². The van der Waals surface area contributed by atoms with Gasteiger partial charge >= 0.3 is 0 Å². The molecule has 0 atom stereocenters. The number of sulfonamides is 1. The predicted octanol–water partition coefficient (Wildman–Crippen LogP) is 0.833. The minimum Gasteiger partial charge on any atom is -0.507 e. The van der Waals surface area contributed by atoms with Crippen molar-refractivity contribution in [1.82, 2.24) is 10.0 Å². The van der Waals surface area contributed by atoms with Crippen molar-refractivity contribution in [2.24, 2.45) is 5.92 Å². The first-order chi connectivity index (χ1) is 9.33. The van der Waals surface area contributed by atoms with E-state index in [1.54, 1.807) is 0 Å². The zero-order chi connectivity index (χ0) is 15.2. The highest BCUT2D eigenvalue weighted by molar-refractivity contribution is 7.89. The van der Waals surface area contributed by atoms with Gasteiger partial charge < -0.3 is 10.4 Å². The molecule has 0 aliphatic heterocycles. The van der Waals surface area contributed by atoms with E-state index in [-0.39, 0.29) is 29.5 Å². The lowest BCUT2D eigenvalue weighted by Gasteiger charge is -2.09. The van der Waals surface area contributed by atoms with Crippen molar-refractivity contribution in [2.75, 3.05) is 13.1 Å². The zero-order valence-electron chi connectivity index (χ0n) is 11.6. The Kier molecular flexibility index (Phi) is 5.97. The summed E-state index contributed by atoms with van der Waals surface area (Å²) in [6, 6.07) is 5.65. The van der Waals surface area contributed by atoms with Crippen LogP contribution in [0.25, 0.3) is 0 Å². The summed E-state index contributed by atoms with van der Waals surface area (Å²) in [6.07, 6.45) is 0.0551. The Morgan fingerprint density at radius 1 is 1.30 bits per heavy atom. The highest BCUT2D eigenvalue weighted by Crippen LogP contribution is 2.20. The Hall–Kier alpha value is -1.60. The van der Waals surface area contributed by atoms with Gasteiger partial charge in [0.2, 0.25) is 15.9 Å². The summed E-state index contributed by atoms with van der Waals surface area (Å²) in [7, 11) is -3.80. The fourth-order valence-electron chi connectivity index (χ4n) is 1.47. The van der Waals surface area contributed by atoms with Crippen molar-refractivity contribution in [3.63, 3.8) is 0 Å². The molecular weight excluding hydrogens is 280 g/mol. The molecule has 0 spiro atoms. The lowest BCUT2D eigenvalue weighted by molar-refractivity contribution is -0.121. The second kappa shape index (κ2) is 7.25. The monoisotopic (exact) mass is 300 g/mol. The fraction of sp³-hybridized carbons (Fsp3) is 0.462. The molecule has 3 N–H and O–H groups in total. The zero-order valence-corrected chi connectivity index (χ0v) is 12.4. The summed E-state index contributed by atoms with van der Waals surface area (Å²) >= 11 is 0. The van der Waals surface area contributed by atoms with Gasteiger partial charge in [-0.2, -0.15) is 0 Å². The van der Waals surface area contributed by atoms with Crippen LogP contribution in [-0.2, 0) is 14.8 Å². The second-order valence-corrected chi connectivity index (χ2v) is 6.55. The molecule has 0 aliphatic carbocycles. The van der Waals surface area contributed by atoms with Crippen LogP contribution in [-0.4, -0.2) is 32.5 Å². The minimum absolute atomic E-state index is 0.0133. The van der Waals surface area contributed by atoms with E-state index in [0.717, 1.165) is 0 Å². The average Bonchev–Trinajstić information content (AvgIpc) is 2.36. The van der Waals surface area contributed by atoms with Crippen LogP contribution in [0.2, 0.25) is 0 Å². The van der Waals surface area contributed by atoms with Crippen LogP contribution in [0, 0.1) is 5.92 Å². The molecule has 0 fully saturated rings. The third-order valence-corrected chi connectivity index (χ3v) is 4.01. The summed E-state index contributed by atoms with van der Waals surface area (Å²) in [5.74, 6) is -0.181. The molecule has 0 radical (unpaired) electrons. The number of hydrogen-bond acceptors (Lipinski definition) is 4. The van der Waals surface area contributed by atoms with Crippen LogP contribution < -0.4 is 10.0 Å². The molecular formula is C13H20N2O4S. The summed E-state index contributed by atoms with van der Waals surface area (Å²) in [5, 5.41) is 12.2. The third-order valence-electron chi connectivity index (χ3n) is 2.51. The normalized spacial score (nSPS) is 11.6. The molecule has 0 bridgehead atoms. The Labute approximate surface area is 119 Å². The lowest BCUT2D eigenvalue weighted by atomic mass is 10.2. The molecule has 112 valence electrons. The van der Waals surface area contributed by atoms with E-state index in [4.69, 9.17) is 0 Å². The number of aromatic hydroxyl groups is 1. The van der Waals surface area contributed by atoms with Gasteiger partial charge in [-0.05, 0) is 18.1 Å². The van der Waals surface area contributed by atoms with Gasteiger partial charge in [0.1, 0.15) is 10.6 Å². The van der Waals surface area contributed by atoms with Crippen molar-refractivity contribution in [1.29, 1.82) is 0 Å². The molecule has 0 aromatic heterocycles. The van der Waals surface area contributed by atoms with E-state index < -0.39 is 10.0 Å². The third kappa shape index (κ3) is 5.18. The van der Waals surface area contributed by atoms with Gasteiger partial charge in [-0.1, -0.05) is 26.0 Å². The maximum atomic E-state index is 11.9. The maximum absolute atomic E-state index is 11.9. The van der Waals surface area contributed by atoms with Gasteiger partial charge in [-0.25, -0.2) is 13.1 Å². The molecule has 0 heterocycles. The molecule has 20 heavy (non-hydrogen) atoms. The molecule has 1 aromatic rings. The van der Waals surface area contributed by atoms with Crippen molar-refractivity contribution >= 4 is 15.9 Å². The summed E-state index contributed by atoms with van der Waals surface area (Å²) in [4.78, 5) is 11.2. The second-order valence-electron chi connectivity index (χ2n) is 4.81. The van der Waals surface area contributed by atoms with E-state index >= 15 is 0 Å². The number of carbonyl (C=O) groups is 1. The van der Waals surface area contributed by atoms with Crippen molar-refractivity contribution in [3.8, 4) is 5.75 Å². The van der Waals surface area contributed by atoms with Crippen LogP contribution in [0.15, 0.2) is 29.2 Å². The van der Waals surface area contributed by atoms with E-state index in [0.29, 0.717) is 12.5 Å². The van der Waals surface area contributed by atoms with E-state index in [9.17, 15) is 18.3 Å². The van der Waals surface area contributed by atoms with Crippen LogP contribution in [0.4, 0.5) is 0 Å². The number of benzene rings is 1. The molecule has 7 heteroatoms. The Morgan fingerprint density at radius 2 is 1.95 bits per heavy atom. The quantitative estimate of drug-likeness (QED) is 0.695. The summed E-state index contributed by atoms with van der Waals surface area (Å²) in [6.45, 7) is 4.49. The molecule has 1 aromatic carbocycles. The first kappa shape index (κ1) is 16.5. The Balaban J connectivity index is 2.49. The molecule has 0 saturated heterocycles. The molecule has 1 amide bonds. The number of phenols is 1. The molecule has 1 rings (SSSR count). The average molecular weight is 300 g/mol. The number of phenolic OH excluding ortho intramolecular Hbond substituents is 1. The van der Waals surface area contributed by atoms with Crippen LogP contribution in [0.1, 0.15) is 20.3 Å². The molecule has 0 saturated carbocycles. The largest absolute Gasteiger partial charge is 0.507 e. The maximum Gasteiger partial charge on any atom is 0.244 e. The number of rotatable bonds is 7. The first-order valence-corrected chi connectivity index (χ1v) is 7.85. The summed E-state index contributed by atoms with van der Waals surface area (Å²) < 4.78 is 26.1. The summed E-state index contributed by atoms with van der Waals surface area (Å²) in [5.41, 5.74) is 0. The molecule has 6 nitrogen and oxygen atoms in total.